The Hall–Kier alpha value is -4.73. The average Bonchev–Trinajstić information content (AvgIpc) is 3.29. The molecule has 1 aliphatic heterocycles. The fourth-order valence-corrected chi connectivity index (χ4v) is 3.70. The number of carbonyl (C=O) groups is 3. The SMILES string of the molecule is COc1ccc(Oc2ccc(N3C[C@@H](C(=O)OCC(=O)c4ccc([N+](=O)[O-])cc4)CC3=O)cc2)cc1. The van der Waals surface area contributed by atoms with Gasteiger partial charge in [-0.05, 0) is 60.7 Å². The number of Topliss-reactive ketones (excluding diaryl/α,β-unsaturated/α-hetero) is 1. The molecule has 0 N–H and O–H groups in total. The smallest absolute Gasteiger partial charge is 0.311 e. The molecule has 184 valence electrons. The van der Waals surface area contributed by atoms with E-state index in [0.29, 0.717) is 22.9 Å². The number of rotatable bonds is 9. The summed E-state index contributed by atoms with van der Waals surface area (Å²) in [6.45, 7) is -0.388. The van der Waals surface area contributed by atoms with Gasteiger partial charge in [-0.2, -0.15) is 0 Å². The number of ether oxygens (including phenoxy) is 3. The maximum atomic E-state index is 12.5. The fraction of sp³-hybridized carbons (Fsp3) is 0.192. The lowest BCUT2D eigenvalue weighted by Gasteiger charge is -2.17. The maximum Gasteiger partial charge on any atom is 0.311 e. The summed E-state index contributed by atoms with van der Waals surface area (Å²) >= 11 is 0. The lowest BCUT2D eigenvalue weighted by molar-refractivity contribution is -0.384. The molecule has 0 aromatic heterocycles. The van der Waals surface area contributed by atoms with Crippen LogP contribution in [0.15, 0.2) is 72.8 Å². The van der Waals surface area contributed by atoms with Crippen LogP contribution in [0.2, 0.25) is 0 Å². The molecule has 0 aliphatic carbocycles. The maximum absolute atomic E-state index is 12.5. The fourth-order valence-electron chi connectivity index (χ4n) is 3.70. The van der Waals surface area contributed by atoms with E-state index in [1.165, 1.54) is 29.2 Å². The molecule has 0 saturated carbocycles. The number of nitro benzene ring substituents is 1. The van der Waals surface area contributed by atoms with E-state index in [1.807, 2.05) is 0 Å². The number of nitrogens with zero attached hydrogens (tertiary/aromatic N) is 2. The van der Waals surface area contributed by atoms with Crippen LogP contribution in [0.1, 0.15) is 16.8 Å². The van der Waals surface area contributed by atoms with E-state index < -0.39 is 29.2 Å². The second kappa shape index (κ2) is 10.7. The number of methoxy groups -OCH3 is 1. The summed E-state index contributed by atoms with van der Waals surface area (Å²) < 4.78 is 16.0. The Balaban J connectivity index is 1.31. The molecule has 10 heteroatoms. The monoisotopic (exact) mass is 490 g/mol. The van der Waals surface area contributed by atoms with E-state index in [0.717, 1.165) is 0 Å². The molecule has 4 rings (SSSR count). The van der Waals surface area contributed by atoms with Crippen LogP contribution in [0.3, 0.4) is 0 Å². The zero-order valence-corrected chi connectivity index (χ0v) is 19.3. The van der Waals surface area contributed by atoms with Crippen LogP contribution < -0.4 is 14.4 Å². The van der Waals surface area contributed by atoms with Gasteiger partial charge < -0.3 is 19.1 Å². The molecule has 0 radical (unpaired) electrons. The van der Waals surface area contributed by atoms with Gasteiger partial charge in [0.25, 0.3) is 5.69 Å². The van der Waals surface area contributed by atoms with Crippen molar-refractivity contribution in [2.45, 2.75) is 6.42 Å². The molecule has 1 amide bonds. The third-order valence-corrected chi connectivity index (χ3v) is 5.65. The first kappa shape index (κ1) is 24.4. The van der Waals surface area contributed by atoms with E-state index in [2.05, 4.69) is 0 Å². The lowest BCUT2D eigenvalue weighted by atomic mass is 10.1. The van der Waals surface area contributed by atoms with Crippen molar-refractivity contribution in [3.05, 3.63) is 88.5 Å². The van der Waals surface area contributed by atoms with Crippen LogP contribution in [0, 0.1) is 16.0 Å². The zero-order chi connectivity index (χ0) is 25.7. The number of nitro groups is 1. The van der Waals surface area contributed by atoms with Crippen LogP contribution in [-0.2, 0) is 14.3 Å². The third-order valence-electron chi connectivity index (χ3n) is 5.65. The molecular weight excluding hydrogens is 468 g/mol. The third kappa shape index (κ3) is 5.66. The summed E-state index contributed by atoms with van der Waals surface area (Å²) in [5.41, 5.74) is 0.655. The van der Waals surface area contributed by atoms with Crippen molar-refractivity contribution in [3.63, 3.8) is 0 Å². The first-order chi connectivity index (χ1) is 17.3. The normalized spacial score (nSPS) is 14.9. The van der Waals surface area contributed by atoms with Crippen LogP contribution >= 0.6 is 0 Å². The lowest BCUT2D eigenvalue weighted by Crippen LogP contribution is -2.27. The number of hydrogen-bond donors (Lipinski definition) is 0. The number of benzene rings is 3. The highest BCUT2D eigenvalue weighted by Crippen LogP contribution is 2.29. The topological polar surface area (TPSA) is 125 Å². The molecule has 0 bridgehead atoms. The minimum absolute atomic E-state index is 0.0331. The van der Waals surface area contributed by atoms with E-state index in [9.17, 15) is 24.5 Å². The zero-order valence-electron chi connectivity index (χ0n) is 19.3. The molecule has 10 nitrogen and oxygen atoms in total. The Labute approximate surface area is 206 Å². The van der Waals surface area contributed by atoms with Crippen molar-refractivity contribution < 1.29 is 33.5 Å². The standard InChI is InChI=1S/C26H22N2O8/c1-34-21-10-12-23(13-11-21)36-22-8-6-19(7-9-22)27-15-18(14-25(27)30)26(31)35-16-24(29)17-2-4-20(5-3-17)28(32)33/h2-13,18H,14-16H2,1H3/t18-/m0/s1. The highest BCUT2D eigenvalue weighted by Gasteiger charge is 2.36. The van der Waals surface area contributed by atoms with Gasteiger partial charge in [-0.3, -0.25) is 24.5 Å². The van der Waals surface area contributed by atoms with Gasteiger partial charge in [0.1, 0.15) is 17.2 Å². The number of ketones is 1. The quantitative estimate of drug-likeness (QED) is 0.189. The van der Waals surface area contributed by atoms with Gasteiger partial charge in [-0.15, -0.1) is 0 Å². The van der Waals surface area contributed by atoms with Gasteiger partial charge in [-0.25, -0.2) is 0 Å². The van der Waals surface area contributed by atoms with Crippen molar-refractivity contribution in [2.24, 2.45) is 5.92 Å². The Kier molecular flexibility index (Phi) is 7.24. The number of amides is 1. The predicted octanol–water partition coefficient (Wildman–Crippen LogP) is 4.17. The minimum atomic E-state index is -0.711. The van der Waals surface area contributed by atoms with Gasteiger partial charge in [0.05, 0.1) is 18.0 Å². The van der Waals surface area contributed by atoms with Crippen molar-refractivity contribution >= 4 is 29.0 Å². The number of esters is 1. The van der Waals surface area contributed by atoms with Crippen molar-refractivity contribution in [3.8, 4) is 17.2 Å². The molecule has 36 heavy (non-hydrogen) atoms. The Bertz CT molecular complexity index is 1270. The van der Waals surface area contributed by atoms with E-state index >= 15 is 0 Å². The molecule has 3 aromatic rings. The number of carbonyl (C=O) groups excluding carboxylic acids is 3. The van der Waals surface area contributed by atoms with Gasteiger partial charge >= 0.3 is 5.97 Å². The van der Waals surface area contributed by atoms with Crippen molar-refractivity contribution in [1.82, 2.24) is 0 Å². The van der Waals surface area contributed by atoms with Gasteiger partial charge in [0.15, 0.2) is 12.4 Å². The Morgan fingerprint density at radius 3 is 2.11 bits per heavy atom. The van der Waals surface area contributed by atoms with Crippen LogP contribution in [0.5, 0.6) is 17.2 Å². The van der Waals surface area contributed by atoms with Crippen molar-refractivity contribution in [1.29, 1.82) is 0 Å². The van der Waals surface area contributed by atoms with Crippen LogP contribution in [0.25, 0.3) is 0 Å². The van der Waals surface area contributed by atoms with Crippen molar-refractivity contribution in [2.75, 3.05) is 25.2 Å². The molecule has 1 fully saturated rings. The number of non-ortho nitro benzene ring substituents is 1. The van der Waals surface area contributed by atoms with Gasteiger partial charge in [0, 0.05) is 36.3 Å². The first-order valence-electron chi connectivity index (χ1n) is 11.0. The summed E-state index contributed by atoms with van der Waals surface area (Å²) in [4.78, 5) is 48.9. The second-order valence-corrected chi connectivity index (χ2v) is 8.01. The summed E-state index contributed by atoms with van der Waals surface area (Å²) in [6.07, 6.45) is -0.0331. The molecule has 3 aromatic carbocycles. The minimum Gasteiger partial charge on any atom is -0.497 e. The molecule has 0 spiro atoms. The summed E-state index contributed by atoms with van der Waals surface area (Å²) in [6, 6.07) is 19.0. The predicted molar refractivity (Wildman–Crippen MR) is 128 cm³/mol. The second-order valence-electron chi connectivity index (χ2n) is 8.01. The van der Waals surface area contributed by atoms with Gasteiger partial charge in [0.2, 0.25) is 5.91 Å². The molecule has 1 atom stereocenters. The summed E-state index contributed by atoms with van der Waals surface area (Å²) in [5, 5.41) is 10.7. The average molecular weight is 490 g/mol. The van der Waals surface area contributed by atoms with Crippen LogP contribution in [0.4, 0.5) is 11.4 Å². The number of anilines is 1. The molecule has 1 heterocycles. The van der Waals surface area contributed by atoms with Crippen LogP contribution in [-0.4, -0.2) is 42.8 Å². The van der Waals surface area contributed by atoms with E-state index in [4.69, 9.17) is 14.2 Å². The Morgan fingerprint density at radius 1 is 0.944 bits per heavy atom. The summed E-state index contributed by atoms with van der Waals surface area (Å²) in [7, 11) is 1.58. The molecule has 1 saturated heterocycles. The largest absolute Gasteiger partial charge is 0.497 e. The van der Waals surface area contributed by atoms with E-state index in [-0.39, 0.29) is 30.1 Å². The molecule has 1 aliphatic rings. The Morgan fingerprint density at radius 2 is 1.53 bits per heavy atom. The van der Waals surface area contributed by atoms with Gasteiger partial charge in [-0.1, -0.05) is 0 Å². The summed E-state index contributed by atoms with van der Waals surface area (Å²) in [5.74, 6) is -0.162. The van der Waals surface area contributed by atoms with E-state index in [1.54, 1.807) is 55.6 Å². The number of hydrogen-bond acceptors (Lipinski definition) is 8. The molecule has 0 unspecified atom stereocenters. The highest BCUT2D eigenvalue weighted by molar-refractivity contribution is 6.01. The highest BCUT2D eigenvalue weighted by atomic mass is 16.6. The first-order valence-corrected chi connectivity index (χ1v) is 11.0. The molecular formula is C26H22N2O8.